The van der Waals surface area contributed by atoms with E-state index < -0.39 is 18.1 Å². The Hall–Kier alpha value is -2.66. The van der Waals surface area contributed by atoms with E-state index in [0.29, 0.717) is 13.0 Å². The molecule has 1 aliphatic heterocycles. The number of fused-ring (bicyclic) bond motifs is 1. The number of carbonyl (C=O) groups is 2. The molecule has 2 atom stereocenters. The lowest BCUT2D eigenvalue weighted by molar-refractivity contribution is -0.158. The highest BCUT2D eigenvalue weighted by Crippen LogP contribution is 2.25. The topological polar surface area (TPSA) is 72.6 Å². The molecule has 0 aliphatic carbocycles. The van der Waals surface area contributed by atoms with Gasteiger partial charge >= 0.3 is 5.97 Å². The summed E-state index contributed by atoms with van der Waals surface area (Å²) < 4.78 is 5.53. The van der Waals surface area contributed by atoms with Crippen molar-refractivity contribution in [2.45, 2.75) is 45.5 Å². The van der Waals surface area contributed by atoms with Gasteiger partial charge in [-0.3, -0.25) is 4.79 Å². The second-order valence-electron chi connectivity index (χ2n) is 7.32. The van der Waals surface area contributed by atoms with Crippen LogP contribution in [0.4, 0.5) is 0 Å². The van der Waals surface area contributed by atoms with E-state index >= 15 is 0 Å². The summed E-state index contributed by atoms with van der Waals surface area (Å²) in [5.41, 5.74) is 9.13. The van der Waals surface area contributed by atoms with Crippen molar-refractivity contribution >= 4 is 11.9 Å². The van der Waals surface area contributed by atoms with Crippen LogP contribution in [0.2, 0.25) is 0 Å². The molecule has 2 aromatic carbocycles. The van der Waals surface area contributed by atoms with Gasteiger partial charge in [0, 0.05) is 13.0 Å². The minimum atomic E-state index is -0.652. The molecule has 0 aromatic heterocycles. The van der Waals surface area contributed by atoms with Crippen molar-refractivity contribution in [1.82, 2.24) is 4.90 Å². The SMILES string of the molecule is CC(C)[C@@H](N)C(=O)N1Cc2ccccc2CC1C(=O)OCc1ccccc1. The van der Waals surface area contributed by atoms with Gasteiger partial charge < -0.3 is 15.4 Å². The van der Waals surface area contributed by atoms with Crippen LogP contribution in [0, 0.1) is 5.92 Å². The largest absolute Gasteiger partial charge is 0.459 e. The summed E-state index contributed by atoms with van der Waals surface area (Å²) in [6, 6.07) is 16.1. The summed E-state index contributed by atoms with van der Waals surface area (Å²) >= 11 is 0. The molecule has 1 unspecified atom stereocenters. The number of nitrogens with zero attached hydrogens (tertiary/aromatic N) is 1. The van der Waals surface area contributed by atoms with Gasteiger partial charge in [0.05, 0.1) is 6.04 Å². The first-order chi connectivity index (χ1) is 13.0. The maximum atomic E-state index is 12.9. The van der Waals surface area contributed by atoms with Gasteiger partial charge in [-0.1, -0.05) is 68.4 Å². The summed E-state index contributed by atoms with van der Waals surface area (Å²) in [6.07, 6.45) is 0.445. The van der Waals surface area contributed by atoms with Crippen molar-refractivity contribution in [3.8, 4) is 0 Å². The molecule has 142 valence electrons. The first-order valence-electron chi connectivity index (χ1n) is 9.30. The van der Waals surface area contributed by atoms with E-state index in [4.69, 9.17) is 10.5 Å². The number of rotatable bonds is 5. The number of esters is 1. The van der Waals surface area contributed by atoms with E-state index in [2.05, 4.69) is 0 Å². The molecule has 0 spiro atoms. The molecular formula is C22H26N2O3. The molecule has 27 heavy (non-hydrogen) atoms. The lowest BCUT2D eigenvalue weighted by Crippen LogP contribution is -2.55. The molecule has 1 aliphatic rings. The number of nitrogens with two attached hydrogens (primary N) is 1. The van der Waals surface area contributed by atoms with Gasteiger partial charge in [0.1, 0.15) is 12.6 Å². The fourth-order valence-corrected chi connectivity index (χ4v) is 3.27. The number of carbonyl (C=O) groups excluding carboxylic acids is 2. The highest BCUT2D eigenvalue weighted by Gasteiger charge is 2.38. The number of ether oxygens (including phenoxy) is 1. The number of hydrogen-bond donors (Lipinski definition) is 1. The smallest absolute Gasteiger partial charge is 0.329 e. The minimum Gasteiger partial charge on any atom is -0.459 e. The van der Waals surface area contributed by atoms with Gasteiger partial charge in [-0.15, -0.1) is 0 Å². The summed E-state index contributed by atoms with van der Waals surface area (Å²) in [5.74, 6) is -0.602. The highest BCUT2D eigenvalue weighted by molar-refractivity contribution is 5.88. The molecule has 2 N–H and O–H groups in total. The molecule has 0 saturated carbocycles. The Balaban J connectivity index is 1.80. The molecule has 5 heteroatoms. The average molecular weight is 366 g/mol. The Morgan fingerprint density at radius 1 is 1.07 bits per heavy atom. The van der Waals surface area contributed by atoms with Crippen LogP contribution in [0.25, 0.3) is 0 Å². The third kappa shape index (κ3) is 4.37. The second kappa shape index (κ2) is 8.35. The zero-order valence-corrected chi connectivity index (χ0v) is 15.8. The van der Waals surface area contributed by atoms with Gasteiger partial charge in [0.2, 0.25) is 5.91 Å². The van der Waals surface area contributed by atoms with E-state index in [9.17, 15) is 9.59 Å². The van der Waals surface area contributed by atoms with Gasteiger partial charge in [-0.2, -0.15) is 0 Å². The fraction of sp³-hybridized carbons (Fsp3) is 0.364. The van der Waals surface area contributed by atoms with Crippen LogP contribution in [0.1, 0.15) is 30.5 Å². The Morgan fingerprint density at radius 3 is 2.37 bits per heavy atom. The van der Waals surface area contributed by atoms with Crippen molar-refractivity contribution in [1.29, 1.82) is 0 Å². The quantitative estimate of drug-likeness (QED) is 0.826. The first-order valence-corrected chi connectivity index (χ1v) is 9.30. The van der Waals surface area contributed by atoms with Crippen molar-refractivity contribution in [2.75, 3.05) is 0 Å². The summed E-state index contributed by atoms with van der Waals surface area (Å²) in [5, 5.41) is 0. The maximum Gasteiger partial charge on any atom is 0.329 e. The standard InChI is InChI=1S/C22H26N2O3/c1-15(2)20(23)21(25)24-13-18-11-7-6-10-17(18)12-19(24)22(26)27-14-16-8-4-3-5-9-16/h3-11,15,19-20H,12-14,23H2,1-2H3/t19?,20-/m1/s1. The van der Waals surface area contributed by atoms with E-state index in [1.165, 1.54) is 0 Å². The minimum absolute atomic E-state index is 0.00402. The van der Waals surface area contributed by atoms with Gasteiger partial charge in [0.25, 0.3) is 0 Å². The third-order valence-electron chi connectivity index (χ3n) is 5.03. The Labute approximate surface area is 160 Å². The molecule has 3 rings (SSSR count). The molecule has 1 heterocycles. The predicted molar refractivity (Wildman–Crippen MR) is 104 cm³/mol. The van der Waals surface area contributed by atoms with Crippen LogP contribution in [0.3, 0.4) is 0 Å². The van der Waals surface area contributed by atoms with Crippen molar-refractivity contribution in [3.05, 3.63) is 71.3 Å². The monoisotopic (exact) mass is 366 g/mol. The van der Waals surface area contributed by atoms with Gasteiger partial charge in [-0.05, 0) is 22.6 Å². The molecule has 5 nitrogen and oxygen atoms in total. The lowest BCUT2D eigenvalue weighted by atomic mass is 9.92. The van der Waals surface area contributed by atoms with Crippen molar-refractivity contribution < 1.29 is 14.3 Å². The first kappa shape index (κ1) is 19.1. The van der Waals surface area contributed by atoms with E-state index in [-0.39, 0.29) is 18.4 Å². The van der Waals surface area contributed by atoms with Crippen LogP contribution in [-0.4, -0.2) is 28.9 Å². The molecule has 0 saturated heterocycles. The van der Waals surface area contributed by atoms with Crippen LogP contribution < -0.4 is 5.73 Å². The number of benzene rings is 2. The Kier molecular flexibility index (Phi) is 5.91. The van der Waals surface area contributed by atoms with E-state index in [0.717, 1.165) is 16.7 Å². The molecule has 0 fully saturated rings. The number of amides is 1. The molecule has 2 aromatic rings. The lowest BCUT2D eigenvalue weighted by Gasteiger charge is -2.37. The zero-order valence-electron chi connectivity index (χ0n) is 15.8. The third-order valence-corrected chi connectivity index (χ3v) is 5.03. The van der Waals surface area contributed by atoms with Crippen LogP contribution in [0.15, 0.2) is 54.6 Å². The second-order valence-corrected chi connectivity index (χ2v) is 7.32. The molecule has 1 amide bonds. The van der Waals surface area contributed by atoms with Crippen LogP contribution in [-0.2, 0) is 33.9 Å². The normalized spacial score (nSPS) is 17.3. The van der Waals surface area contributed by atoms with Gasteiger partial charge in [0.15, 0.2) is 0 Å². The Morgan fingerprint density at radius 2 is 1.70 bits per heavy atom. The van der Waals surface area contributed by atoms with E-state index in [1.807, 2.05) is 68.4 Å². The predicted octanol–water partition coefficient (Wildman–Crippen LogP) is 2.67. The zero-order chi connectivity index (χ0) is 19.4. The number of hydrogen-bond acceptors (Lipinski definition) is 4. The maximum absolute atomic E-state index is 12.9. The van der Waals surface area contributed by atoms with Crippen LogP contribution in [0.5, 0.6) is 0 Å². The molecule has 0 radical (unpaired) electrons. The van der Waals surface area contributed by atoms with Crippen molar-refractivity contribution in [3.63, 3.8) is 0 Å². The molecule has 0 bridgehead atoms. The van der Waals surface area contributed by atoms with E-state index in [1.54, 1.807) is 4.90 Å². The van der Waals surface area contributed by atoms with Crippen molar-refractivity contribution in [2.24, 2.45) is 11.7 Å². The average Bonchev–Trinajstić information content (AvgIpc) is 2.70. The van der Waals surface area contributed by atoms with Crippen LogP contribution >= 0.6 is 0 Å². The van der Waals surface area contributed by atoms with Gasteiger partial charge in [-0.25, -0.2) is 4.79 Å². The molecular weight excluding hydrogens is 340 g/mol. The Bertz CT molecular complexity index is 804. The highest BCUT2D eigenvalue weighted by atomic mass is 16.5. The fourth-order valence-electron chi connectivity index (χ4n) is 3.27. The summed E-state index contributed by atoms with van der Waals surface area (Å²) in [6.45, 7) is 4.38. The summed E-state index contributed by atoms with van der Waals surface area (Å²) in [7, 11) is 0. The summed E-state index contributed by atoms with van der Waals surface area (Å²) in [4.78, 5) is 27.3.